The number of ether oxygens (including phenoxy) is 3. The van der Waals surface area contributed by atoms with Gasteiger partial charge in [-0.05, 0) is 60.1 Å². The van der Waals surface area contributed by atoms with Crippen molar-refractivity contribution in [1.82, 2.24) is 0 Å². The third-order valence-corrected chi connectivity index (χ3v) is 5.97. The van der Waals surface area contributed by atoms with E-state index < -0.39 is 11.6 Å². The molecule has 0 bridgehead atoms. The first-order valence-electron chi connectivity index (χ1n) is 12.1. The summed E-state index contributed by atoms with van der Waals surface area (Å²) in [5, 5.41) is 9.55. The lowest BCUT2D eigenvalue weighted by Crippen LogP contribution is -2.42. The molecule has 0 saturated heterocycles. The number of hydrogen-bond donors (Lipinski definition) is 1. The molecule has 2 aromatic rings. The number of aryl methyl sites for hydroxylation is 1. The van der Waals surface area contributed by atoms with Gasteiger partial charge in [0.15, 0.2) is 0 Å². The molecule has 0 aliphatic carbocycles. The second-order valence-corrected chi connectivity index (χ2v) is 10.2. The normalized spacial score (nSPS) is 17.4. The zero-order chi connectivity index (χ0) is 24.1. The van der Waals surface area contributed by atoms with E-state index in [1.807, 2.05) is 19.1 Å². The Morgan fingerprint density at radius 1 is 1.09 bits per heavy atom. The van der Waals surface area contributed by atoms with Crippen LogP contribution >= 0.6 is 0 Å². The molecule has 1 aliphatic rings. The fourth-order valence-electron chi connectivity index (χ4n) is 4.30. The summed E-state index contributed by atoms with van der Waals surface area (Å²) in [4.78, 5) is 11.6. The molecular formula is C28H38O5. The van der Waals surface area contributed by atoms with Crippen LogP contribution in [-0.4, -0.2) is 29.9 Å². The number of aliphatic carboxylic acids is 1. The summed E-state index contributed by atoms with van der Waals surface area (Å²) in [6, 6.07) is 12.1. The zero-order valence-electron chi connectivity index (χ0n) is 20.7. The van der Waals surface area contributed by atoms with E-state index in [2.05, 4.69) is 45.9 Å². The van der Waals surface area contributed by atoms with Crippen molar-refractivity contribution < 1.29 is 24.1 Å². The molecule has 1 aliphatic heterocycles. The average molecular weight is 455 g/mol. The molecule has 0 fully saturated rings. The zero-order valence-corrected chi connectivity index (χ0v) is 20.7. The molecule has 1 unspecified atom stereocenters. The molecule has 0 radical (unpaired) electrons. The molecule has 0 aromatic heterocycles. The van der Waals surface area contributed by atoms with Crippen LogP contribution in [0.4, 0.5) is 0 Å². The second-order valence-electron chi connectivity index (χ2n) is 10.2. The topological polar surface area (TPSA) is 65.0 Å². The van der Waals surface area contributed by atoms with Crippen LogP contribution in [0.2, 0.25) is 0 Å². The predicted octanol–water partition coefficient (Wildman–Crippen LogP) is 6.24. The molecule has 5 nitrogen and oxygen atoms in total. The van der Waals surface area contributed by atoms with Gasteiger partial charge in [-0.1, -0.05) is 53.2 Å². The highest BCUT2D eigenvalue weighted by Gasteiger charge is 2.45. The van der Waals surface area contributed by atoms with Crippen LogP contribution in [0.1, 0.15) is 70.6 Å². The number of fused-ring (bicyclic) bond motifs is 1. The molecule has 3 rings (SSSR count). The third kappa shape index (κ3) is 6.43. The molecule has 33 heavy (non-hydrogen) atoms. The largest absolute Gasteiger partial charge is 0.493 e. The number of rotatable bonds is 11. The summed E-state index contributed by atoms with van der Waals surface area (Å²) in [6.45, 7) is 11.9. The molecule has 180 valence electrons. The van der Waals surface area contributed by atoms with Gasteiger partial charge < -0.3 is 19.3 Å². The lowest BCUT2D eigenvalue weighted by molar-refractivity contribution is -0.154. The Balaban J connectivity index is 1.51. The maximum absolute atomic E-state index is 11.6. The fourth-order valence-corrected chi connectivity index (χ4v) is 4.30. The Labute approximate surface area is 198 Å². The van der Waals surface area contributed by atoms with Crippen LogP contribution in [0, 0.1) is 5.41 Å². The number of hydrogen-bond acceptors (Lipinski definition) is 4. The quantitative estimate of drug-likeness (QED) is 0.407. The smallest absolute Gasteiger partial charge is 0.348 e. The maximum atomic E-state index is 11.6. The minimum absolute atomic E-state index is 0.262. The van der Waals surface area contributed by atoms with Gasteiger partial charge in [0.05, 0.1) is 13.2 Å². The molecule has 5 heteroatoms. The van der Waals surface area contributed by atoms with E-state index in [4.69, 9.17) is 14.2 Å². The Morgan fingerprint density at radius 3 is 2.52 bits per heavy atom. The Morgan fingerprint density at radius 2 is 1.85 bits per heavy atom. The van der Waals surface area contributed by atoms with Crippen LogP contribution in [0.15, 0.2) is 36.4 Å². The van der Waals surface area contributed by atoms with Crippen LogP contribution in [0.5, 0.6) is 17.2 Å². The van der Waals surface area contributed by atoms with E-state index in [9.17, 15) is 9.90 Å². The average Bonchev–Trinajstić information content (AvgIpc) is 3.13. The Kier molecular flexibility index (Phi) is 7.93. The molecule has 0 saturated carbocycles. The van der Waals surface area contributed by atoms with Crippen LogP contribution in [0.25, 0.3) is 0 Å². The summed E-state index contributed by atoms with van der Waals surface area (Å²) in [5.74, 6) is 1.41. The van der Waals surface area contributed by atoms with E-state index in [-0.39, 0.29) is 5.41 Å². The van der Waals surface area contributed by atoms with Gasteiger partial charge >= 0.3 is 5.97 Å². The second kappa shape index (κ2) is 10.5. The minimum atomic E-state index is -1.16. The number of benzene rings is 2. The van der Waals surface area contributed by atoms with Crippen molar-refractivity contribution in [2.24, 2.45) is 5.41 Å². The Hall–Kier alpha value is -2.69. The fraction of sp³-hybridized carbons (Fsp3) is 0.536. The minimum Gasteiger partial charge on any atom is -0.493 e. The highest BCUT2D eigenvalue weighted by molar-refractivity contribution is 5.80. The van der Waals surface area contributed by atoms with Crippen molar-refractivity contribution in [1.29, 1.82) is 0 Å². The first-order valence-corrected chi connectivity index (χ1v) is 12.1. The van der Waals surface area contributed by atoms with Crippen molar-refractivity contribution in [3.8, 4) is 17.2 Å². The van der Waals surface area contributed by atoms with E-state index >= 15 is 0 Å². The van der Waals surface area contributed by atoms with Gasteiger partial charge in [-0.2, -0.15) is 0 Å². The standard InChI is InChI=1S/C28H38O5/c1-6-9-21-16-20(18-27(3,4)5)10-12-24(21)32-15-8-14-31-23-11-13-25-22(17-23)19-28(7-2,33-25)26(29)30/h10-13,16-17H,6-9,14-15,18-19H2,1-5H3,(H,29,30). The summed E-state index contributed by atoms with van der Waals surface area (Å²) >= 11 is 0. The molecule has 0 spiro atoms. The molecule has 1 heterocycles. The van der Waals surface area contributed by atoms with E-state index in [0.717, 1.165) is 42.7 Å². The van der Waals surface area contributed by atoms with Gasteiger partial charge in [-0.15, -0.1) is 0 Å². The van der Waals surface area contributed by atoms with Gasteiger partial charge in [-0.3, -0.25) is 0 Å². The van der Waals surface area contributed by atoms with E-state index in [1.54, 1.807) is 6.07 Å². The van der Waals surface area contributed by atoms with Gasteiger partial charge in [0.25, 0.3) is 0 Å². The van der Waals surface area contributed by atoms with Crippen molar-refractivity contribution in [3.63, 3.8) is 0 Å². The lowest BCUT2D eigenvalue weighted by Gasteiger charge is -2.21. The lowest BCUT2D eigenvalue weighted by atomic mass is 9.87. The monoisotopic (exact) mass is 454 g/mol. The number of carboxylic acid groups (broad SMARTS) is 1. The maximum Gasteiger partial charge on any atom is 0.348 e. The molecule has 1 N–H and O–H groups in total. The molecular weight excluding hydrogens is 416 g/mol. The van der Waals surface area contributed by atoms with Crippen LogP contribution in [0.3, 0.4) is 0 Å². The van der Waals surface area contributed by atoms with Crippen molar-refractivity contribution in [2.75, 3.05) is 13.2 Å². The van der Waals surface area contributed by atoms with E-state index in [0.29, 0.717) is 31.8 Å². The highest BCUT2D eigenvalue weighted by atomic mass is 16.5. The van der Waals surface area contributed by atoms with Crippen LogP contribution in [-0.2, 0) is 24.1 Å². The van der Waals surface area contributed by atoms with Gasteiger partial charge in [0, 0.05) is 18.4 Å². The molecule has 2 aromatic carbocycles. The van der Waals surface area contributed by atoms with Gasteiger partial charge in [-0.25, -0.2) is 4.79 Å². The number of carbonyl (C=O) groups is 1. The summed E-state index contributed by atoms with van der Waals surface area (Å²) in [6.07, 6.45) is 4.69. The summed E-state index contributed by atoms with van der Waals surface area (Å²) in [7, 11) is 0. The number of carboxylic acids is 1. The van der Waals surface area contributed by atoms with Crippen molar-refractivity contribution in [2.45, 2.75) is 78.7 Å². The molecule has 0 amide bonds. The van der Waals surface area contributed by atoms with Gasteiger partial charge in [0.1, 0.15) is 17.2 Å². The first-order chi connectivity index (χ1) is 15.7. The predicted molar refractivity (Wildman–Crippen MR) is 131 cm³/mol. The Bertz CT molecular complexity index is 959. The van der Waals surface area contributed by atoms with Crippen LogP contribution < -0.4 is 14.2 Å². The highest BCUT2D eigenvalue weighted by Crippen LogP contribution is 2.39. The van der Waals surface area contributed by atoms with Crippen molar-refractivity contribution in [3.05, 3.63) is 53.1 Å². The summed E-state index contributed by atoms with van der Waals surface area (Å²) in [5.41, 5.74) is 2.62. The third-order valence-electron chi connectivity index (χ3n) is 5.97. The van der Waals surface area contributed by atoms with Crippen molar-refractivity contribution >= 4 is 5.97 Å². The summed E-state index contributed by atoms with van der Waals surface area (Å²) < 4.78 is 17.7. The SMILES string of the molecule is CCCc1cc(CC(C)(C)C)ccc1OCCCOc1ccc2c(c1)CC(CC)(C(=O)O)O2. The first kappa shape index (κ1) is 24.9. The molecule has 1 atom stereocenters. The van der Waals surface area contributed by atoms with Gasteiger partial charge in [0.2, 0.25) is 5.60 Å². The van der Waals surface area contributed by atoms with E-state index in [1.165, 1.54) is 11.1 Å².